The summed E-state index contributed by atoms with van der Waals surface area (Å²) in [6, 6.07) is 0. The quantitative estimate of drug-likeness (QED) is 0.205. The third-order valence-electron chi connectivity index (χ3n) is 3.53. The van der Waals surface area contributed by atoms with Crippen molar-refractivity contribution in [2.45, 2.75) is 65.2 Å². The lowest BCUT2D eigenvalue weighted by Crippen LogP contribution is -2.12. The van der Waals surface area contributed by atoms with Crippen LogP contribution in [0.25, 0.3) is 0 Å². The summed E-state index contributed by atoms with van der Waals surface area (Å²) in [6.07, 6.45) is 11.6. The fourth-order valence-corrected chi connectivity index (χ4v) is 2.01. The highest BCUT2D eigenvalue weighted by Gasteiger charge is 1.94. The fourth-order valence-electron chi connectivity index (χ4n) is 2.01. The van der Waals surface area contributed by atoms with Crippen LogP contribution in [-0.4, -0.2) is 63.9 Å². The van der Waals surface area contributed by atoms with E-state index in [1.807, 2.05) is 0 Å². The van der Waals surface area contributed by atoms with Crippen LogP contribution in [0.1, 0.15) is 65.2 Å². The Hall–Kier alpha value is -0.950. The highest BCUT2D eigenvalue weighted by molar-refractivity contribution is 5.81. The maximum absolute atomic E-state index is 10.5. The third kappa shape index (κ3) is 30.0. The number of ether oxygens (including phenoxy) is 4. The van der Waals surface area contributed by atoms with Crippen molar-refractivity contribution in [3.05, 3.63) is 12.7 Å². The number of unbranched alkanes of at least 4 members (excludes halogenated alkanes) is 6. The van der Waals surface area contributed by atoms with Crippen LogP contribution in [0.5, 0.6) is 0 Å². The Labute approximate surface area is 166 Å². The first-order valence-electron chi connectivity index (χ1n) is 10.4. The van der Waals surface area contributed by atoms with E-state index in [1.54, 1.807) is 0 Å². The molecule has 0 aromatic carbocycles. The van der Waals surface area contributed by atoms with Crippen molar-refractivity contribution in [2.75, 3.05) is 52.9 Å². The molecule has 0 aliphatic carbocycles. The summed E-state index contributed by atoms with van der Waals surface area (Å²) in [5.74, 6) is -0.454. The van der Waals surface area contributed by atoms with Crippen LogP contribution in [0.2, 0.25) is 0 Å². The molecule has 27 heavy (non-hydrogen) atoms. The normalized spacial score (nSPS) is 10.2. The fraction of sp³-hybridized carbons (Fsp3) is 0.857. The molecule has 162 valence electrons. The maximum Gasteiger partial charge on any atom is 0.330 e. The molecule has 6 heteroatoms. The first-order chi connectivity index (χ1) is 13.2. The van der Waals surface area contributed by atoms with Crippen LogP contribution in [0, 0.1) is 0 Å². The monoisotopic (exact) mass is 390 g/mol. The molecule has 0 aliphatic rings. The third-order valence-corrected chi connectivity index (χ3v) is 3.53. The first-order valence-corrected chi connectivity index (χ1v) is 10.4. The van der Waals surface area contributed by atoms with Crippen LogP contribution >= 0.6 is 0 Å². The van der Waals surface area contributed by atoms with E-state index in [-0.39, 0.29) is 13.2 Å². The Morgan fingerprint density at radius 1 is 0.741 bits per heavy atom. The van der Waals surface area contributed by atoms with Crippen molar-refractivity contribution in [2.24, 2.45) is 0 Å². The van der Waals surface area contributed by atoms with Gasteiger partial charge in [0.25, 0.3) is 0 Å². The van der Waals surface area contributed by atoms with E-state index in [0.717, 1.165) is 19.3 Å². The van der Waals surface area contributed by atoms with Crippen LogP contribution in [0.4, 0.5) is 0 Å². The summed E-state index contributed by atoms with van der Waals surface area (Å²) in [4.78, 5) is 10.5. The van der Waals surface area contributed by atoms with Gasteiger partial charge in [-0.05, 0) is 12.8 Å². The molecule has 0 radical (unpaired) electrons. The molecular weight excluding hydrogens is 348 g/mol. The summed E-state index contributed by atoms with van der Waals surface area (Å²) >= 11 is 0. The van der Waals surface area contributed by atoms with Crippen molar-refractivity contribution in [3.63, 3.8) is 0 Å². The number of hydrogen-bond donors (Lipinski definition) is 1. The van der Waals surface area contributed by atoms with Crippen molar-refractivity contribution < 1.29 is 28.8 Å². The zero-order chi connectivity index (χ0) is 20.4. The lowest BCUT2D eigenvalue weighted by Gasteiger charge is -2.04. The van der Waals surface area contributed by atoms with Gasteiger partial charge in [0, 0.05) is 19.3 Å². The Bertz CT molecular complexity index is 286. The average Bonchev–Trinajstić information content (AvgIpc) is 2.69. The summed E-state index contributed by atoms with van der Waals surface area (Å²) in [5, 5.41) is 8.36. The zero-order valence-corrected chi connectivity index (χ0v) is 17.6. The summed E-state index contributed by atoms with van der Waals surface area (Å²) in [6.45, 7) is 11.4. The second-order valence-electron chi connectivity index (χ2n) is 6.05. The Kier molecular flexibility index (Phi) is 28.5. The number of carbonyl (C=O) groups is 1. The van der Waals surface area contributed by atoms with Crippen molar-refractivity contribution >= 4 is 5.97 Å². The molecule has 0 spiro atoms. The molecule has 0 aromatic rings. The Balaban J connectivity index is 0. The van der Waals surface area contributed by atoms with Crippen LogP contribution in [-0.2, 0) is 23.7 Å². The minimum Gasteiger partial charge on any atom is -0.460 e. The second-order valence-corrected chi connectivity index (χ2v) is 6.05. The second kappa shape index (κ2) is 27.3. The molecule has 0 bridgehead atoms. The Morgan fingerprint density at radius 2 is 1.22 bits per heavy atom. The van der Waals surface area contributed by atoms with E-state index in [9.17, 15) is 4.79 Å². The number of hydrogen-bond acceptors (Lipinski definition) is 6. The number of carbonyl (C=O) groups excluding carboxylic acids is 1. The van der Waals surface area contributed by atoms with E-state index in [0.29, 0.717) is 26.4 Å². The smallest absolute Gasteiger partial charge is 0.330 e. The van der Waals surface area contributed by atoms with Gasteiger partial charge < -0.3 is 24.1 Å². The SMILES string of the molecule is C=CC(=O)OCCOCCOCCO.CCCCCCOCCCCCC. The number of aliphatic hydroxyl groups is 1. The minimum atomic E-state index is -0.454. The molecular formula is C21H42O6. The largest absolute Gasteiger partial charge is 0.460 e. The summed E-state index contributed by atoms with van der Waals surface area (Å²) in [7, 11) is 0. The average molecular weight is 391 g/mol. The molecule has 0 fully saturated rings. The van der Waals surface area contributed by atoms with E-state index >= 15 is 0 Å². The van der Waals surface area contributed by atoms with E-state index in [2.05, 4.69) is 25.2 Å². The lowest BCUT2D eigenvalue weighted by molar-refractivity contribution is -0.139. The molecule has 0 aromatic heterocycles. The summed E-state index contributed by atoms with van der Waals surface area (Å²) in [5.41, 5.74) is 0. The highest BCUT2D eigenvalue weighted by atomic mass is 16.6. The van der Waals surface area contributed by atoms with Crippen LogP contribution in [0.15, 0.2) is 12.7 Å². The number of esters is 1. The molecule has 0 rings (SSSR count). The van der Waals surface area contributed by atoms with Gasteiger partial charge in [0.15, 0.2) is 0 Å². The van der Waals surface area contributed by atoms with Gasteiger partial charge in [-0.2, -0.15) is 0 Å². The van der Waals surface area contributed by atoms with Gasteiger partial charge in [-0.3, -0.25) is 0 Å². The standard InChI is InChI=1S/C12H26O.C9H16O5/c1-3-5-7-9-11-13-12-10-8-6-4-2;1-2-9(11)14-8-7-13-6-5-12-4-3-10/h3-12H2,1-2H3;2,10H,1,3-8H2. The molecule has 6 nitrogen and oxygen atoms in total. The van der Waals surface area contributed by atoms with E-state index in [1.165, 1.54) is 51.4 Å². The molecule has 0 amide bonds. The zero-order valence-electron chi connectivity index (χ0n) is 17.6. The predicted octanol–water partition coefficient (Wildman–Crippen LogP) is 3.90. The van der Waals surface area contributed by atoms with E-state index < -0.39 is 5.97 Å². The van der Waals surface area contributed by atoms with Gasteiger partial charge in [-0.25, -0.2) is 4.79 Å². The van der Waals surface area contributed by atoms with Gasteiger partial charge >= 0.3 is 5.97 Å². The minimum absolute atomic E-state index is 0.0109. The highest BCUT2D eigenvalue weighted by Crippen LogP contribution is 2.01. The number of aliphatic hydroxyl groups excluding tert-OH is 1. The van der Waals surface area contributed by atoms with Gasteiger partial charge in [-0.15, -0.1) is 0 Å². The van der Waals surface area contributed by atoms with Gasteiger partial charge in [-0.1, -0.05) is 59.0 Å². The number of rotatable bonds is 19. The van der Waals surface area contributed by atoms with Crippen molar-refractivity contribution in [3.8, 4) is 0 Å². The molecule has 0 saturated heterocycles. The van der Waals surface area contributed by atoms with Gasteiger partial charge in [0.2, 0.25) is 0 Å². The molecule has 1 N–H and O–H groups in total. The molecule has 0 aliphatic heterocycles. The summed E-state index contributed by atoms with van der Waals surface area (Å²) < 4.78 is 20.2. The van der Waals surface area contributed by atoms with Gasteiger partial charge in [0.1, 0.15) is 6.61 Å². The van der Waals surface area contributed by atoms with E-state index in [4.69, 9.17) is 19.3 Å². The molecule has 0 unspecified atom stereocenters. The first kappa shape index (κ1) is 28.3. The predicted molar refractivity (Wildman–Crippen MR) is 109 cm³/mol. The van der Waals surface area contributed by atoms with Crippen molar-refractivity contribution in [1.29, 1.82) is 0 Å². The Morgan fingerprint density at radius 3 is 1.70 bits per heavy atom. The van der Waals surface area contributed by atoms with Crippen LogP contribution < -0.4 is 0 Å². The lowest BCUT2D eigenvalue weighted by atomic mass is 10.2. The molecule has 0 saturated carbocycles. The van der Waals surface area contributed by atoms with Gasteiger partial charge in [0.05, 0.1) is 33.0 Å². The molecule has 0 atom stereocenters. The van der Waals surface area contributed by atoms with Crippen molar-refractivity contribution in [1.82, 2.24) is 0 Å². The molecule has 0 heterocycles. The topological polar surface area (TPSA) is 74.2 Å². The van der Waals surface area contributed by atoms with Crippen LogP contribution in [0.3, 0.4) is 0 Å². The maximum atomic E-state index is 10.5.